The van der Waals surface area contributed by atoms with Crippen molar-refractivity contribution in [1.29, 1.82) is 0 Å². The number of rotatable bonds is 0. The van der Waals surface area contributed by atoms with Gasteiger partial charge in [-0.05, 0) is 43.8 Å². The van der Waals surface area contributed by atoms with E-state index < -0.39 is 0 Å². The first-order valence-corrected chi connectivity index (χ1v) is 5.69. The van der Waals surface area contributed by atoms with E-state index in [2.05, 4.69) is 11.4 Å². The quantitative estimate of drug-likeness (QED) is 0.677. The molecule has 2 aliphatic rings. The number of aromatic nitrogens is 1. The van der Waals surface area contributed by atoms with Crippen LogP contribution in [0.3, 0.4) is 0 Å². The van der Waals surface area contributed by atoms with E-state index in [1.54, 1.807) is 6.07 Å². The van der Waals surface area contributed by atoms with Crippen LogP contribution < -0.4 is 10.9 Å². The summed E-state index contributed by atoms with van der Waals surface area (Å²) in [5.41, 5.74) is 1.77. The lowest BCUT2D eigenvalue weighted by molar-refractivity contribution is 0.198. The first-order chi connectivity index (χ1) is 7.29. The molecule has 3 rings (SSSR count). The van der Waals surface area contributed by atoms with Crippen LogP contribution in [-0.2, 0) is 13.0 Å². The zero-order valence-corrected chi connectivity index (χ0v) is 8.83. The van der Waals surface area contributed by atoms with Gasteiger partial charge >= 0.3 is 0 Å². The molecule has 0 aromatic carbocycles. The fourth-order valence-corrected chi connectivity index (χ4v) is 2.96. The van der Waals surface area contributed by atoms with E-state index in [4.69, 9.17) is 0 Å². The Labute approximate surface area is 89.1 Å². The van der Waals surface area contributed by atoms with Crippen LogP contribution in [0.2, 0.25) is 0 Å². The average Bonchev–Trinajstić information content (AvgIpc) is 2.59. The van der Waals surface area contributed by atoms with Gasteiger partial charge in [-0.1, -0.05) is 6.07 Å². The number of nitrogens with zero attached hydrogens (tertiary/aromatic N) is 1. The molecule has 1 saturated heterocycles. The lowest BCUT2D eigenvalue weighted by atomic mass is 9.77. The Morgan fingerprint density at radius 2 is 2.07 bits per heavy atom. The van der Waals surface area contributed by atoms with E-state index >= 15 is 0 Å². The standard InChI is InChI=1S/C12H16N2O/c15-11-3-1-2-10-8-12(9-14(10)11)4-6-13-7-5-12/h1-3,13H,4-9H2. The lowest BCUT2D eigenvalue weighted by Crippen LogP contribution is -2.38. The summed E-state index contributed by atoms with van der Waals surface area (Å²) in [6.07, 6.45) is 3.49. The topological polar surface area (TPSA) is 34.0 Å². The van der Waals surface area contributed by atoms with Gasteiger partial charge in [-0.2, -0.15) is 0 Å². The van der Waals surface area contributed by atoms with Crippen LogP contribution in [0.5, 0.6) is 0 Å². The van der Waals surface area contributed by atoms with E-state index in [-0.39, 0.29) is 5.56 Å². The highest BCUT2D eigenvalue weighted by molar-refractivity contribution is 5.15. The van der Waals surface area contributed by atoms with Crippen molar-refractivity contribution in [1.82, 2.24) is 9.88 Å². The van der Waals surface area contributed by atoms with Crippen LogP contribution >= 0.6 is 0 Å². The van der Waals surface area contributed by atoms with Crippen LogP contribution in [-0.4, -0.2) is 17.7 Å². The van der Waals surface area contributed by atoms with Gasteiger partial charge in [0.1, 0.15) is 0 Å². The van der Waals surface area contributed by atoms with Crippen molar-refractivity contribution in [2.75, 3.05) is 13.1 Å². The Morgan fingerprint density at radius 1 is 1.27 bits per heavy atom. The highest BCUT2D eigenvalue weighted by Crippen LogP contribution is 2.38. The van der Waals surface area contributed by atoms with Crippen LogP contribution in [0.1, 0.15) is 18.5 Å². The van der Waals surface area contributed by atoms with Crippen molar-refractivity contribution in [2.24, 2.45) is 5.41 Å². The van der Waals surface area contributed by atoms with Crippen molar-refractivity contribution < 1.29 is 0 Å². The molecule has 1 aromatic rings. The van der Waals surface area contributed by atoms with Crippen molar-refractivity contribution in [2.45, 2.75) is 25.8 Å². The molecule has 1 aromatic heterocycles. The van der Waals surface area contributed by atoms with E-state index in [1.165, 1.54) is 18.5 Å². The Hall–Kier alpha value is -1.09. The Morgan fingerprint density at radius 3 is 2.80 bits per heavy atom. The molecule has 0 amide bonds. The molecule has 0 aliphatic carbocycles. The van der Waals surface area contributed by atoms with Crippen LogP contribution in [0.25, 0.3) is 0 Å². The molecular formula is C12H16N2O. The van der Waals surface area contributed by atoms with E-state index in [0.29, 0.717) is 5.41 Å². The summed E-state index contributed by atoms with van der Waals surface area (Å²) in [5.74, 6) is 0. The molecule has 80 valence electrons. The molecule has 0 saturated carbocycles. The fourth-order valence-electron chi connectivity index (χ4n) is 2.96. The second-order valence-corrected chi connectivity index (χ2v) is 4.87. The molecule has 1 spiro atoms. The molecule has 0 unspecified atom stereocenters. The third kappa shape index (κ3) is 1.42. The van der Waals surface area contributed by atoms with Gasteiger partial charge < -0.3 is 9.88 Å². The predicted octanol–water partition coefficient (Wildman–Crippen LogP) is 0.774. The zero-order chi connectivity index (χ0) is 10.3. The van der Waals surface area contributed by atoms with Gasteiger partial charge in [0.05, 0.1) is 0 Å². The maximum Gasteiger partial charge on any atom is 0.250 e. The second kappa shape index (κ2) is 3.20. The minimum absolute atomic E-state index is 0.169. The smallest absolute Gasteiger partial charge is 0.250 e. The third-order valence-electron chi connectivity index (χ3n) is 3.85. The first-order valence-electron chi connectivity index (χ1n) is 5.69. The Kier molecular flexibility index (Phi) is 1.96. The highest BCUT2D eigenvalue weighted by atomic mass is 16.1. The Balaban J connectivity index is 1.97. The number of hydrogen-bond acceptors (Lipinski definition) is 2. The number of pyridine rings is 1. The maximum absolute atomic E-state index is 11.7. The molecule has 3 heteroatoms. The number of hydrogen-bond donors (Lipinski definition) is 1. The average molecular weight is 204 g/mol. The minimum Gasteiger partial charge on any atom is -0.317 e. The molecule has 1 fully saturated rings. The fraction of sp³-hybridized carbons (Fsp3) is 0.583. The second-order valence-electron chi connectivity index (χ2n) is 4.87. The summed E-state index contributed by atoms with van der Waals surface area (Å²) in [5, 5.41) is 3.39. The summed E-state index contributed by atoms with van der Waals surface area (Å²) < 4.78 is 1.96. The van der Waals surface area contributed by atoms with Crippen LogP contribution in [0, 0.1) is 5.41 Å². The van der Waals surface area contributed by atoms with Crippen LogP contribution in [0.15, 0.2) is 23.0 Å². The molecule has 2 aliphatic heterocycles. The monoisotopic (exact) mass is 204 g/mol. The number of fused-ring (bicyclic) bond motifs is 1. The van der Waals surface area contributed by atoms with E-state index in [0.717, 1.165) is 26.1 Å². The van der Waals surface area contributed by atoms with Gasteiger partial charge in [-0.15, -0.1) is 0 Å². The molecule has 3 nitrogen and oxygen atoms in total. The van der Waals surface area contributed by atoms with Crippen molar-refractivity contribution in [3.8, 4) is 0 Å². The summed E-state index contributed by atoms with van der Waals surface area (Å²) in [6.45, 7) is 3.13. The summed E-state index contributed by atoms with van der Waals surface area (Å²) in [6, 6.07) is 5.65. The van der Waals surface area contributed by atoms with Gasteiger partial charge in [-0.3, -0.25) is 4.79 Å². The van der Waals surface area contributed by atoms with Gasteiger partial charge in [0, 0.05) is 18.3 Å². The van der Waals surface area contributed by atoms with Crippen molar-refractivity contribution in [3.63, 3.8) is 0 Å². The van der Waals surface area contributed by atoms with Crippen LogP contribution in [0.4, 0.5) is 0 Å². The molecule has 0 radical (unpaired) electrons. The molecule has 0 atom stereocenters. The maximum atomic E-state index is 11.7. The van der Waals surface area contributed by atoms with Crippen molar-refractivity contribution >= 4 is 0 Å². The predicted molar refractivity (Wildman–Crippen MR) is 58.9 cm³/mol. The van der Waals surface area contributed by atoms with Gasteiger partial charge in [0.2, 0.25) is 0 Å². The van der Waals surface area contributed by atoms with Gasteiger partial charge in [0.25, 0.3) is 5.56 Å². The Bertz CT molecular complexity index is 429. The number of nitrogens with one attached hydrogen (secondary N) is 1. The minimum atomic E-state index is 0.169. The van der Waals surface area contributed by atoms with Gasteiger partial charge in [-0.25, -0.2) is 0 Å². The summed E-state index contributed by atoms with van der Waals surface area (Å²) in [7, 11) is 0. The molecule has 3 heterocycles. The van der Waals surface area contributed by atoms with Gasteiger partial charge in [0.15, 0.2) is 0 Å². The number of piperidine rings is 1. The highest BCUT2D eigenvalue weighted by Gasteiger charge is 2.38. The SMILES string of the molecule is O=c1cccc2n1CC1(CCNCC1)C2. The van der Waals surface area contributed by atoms with Crippen molar-refractivity contribution in [3.05, 3.63) is 34.2 Å². The molecule has 15 heavy (non-hydrogen) atoms. The normalized spacial score (nSPS) is 22.9. The molecule has 1 N–H and O–H groups in total. The lowest BCUT2D eigenvalue weighted by Gasteiger charge is -2.32. The largest absolute Gasteiger partial charge is 0.317 e. The molecular weight excluding hydrogens is 188 g/mol. The third-order valence-corrected chi connectivity index (χ3v) is 3.85. The first kappa shape index (κ1) is 9.16. The summed E-state index contributed by atoms with van der Waals surface area (Å²) in [4.78, 5) is 11.7. The summed E-state index contributed by atoms with van der Waals surface area (Å²) >= 11 is 0. The zero-order valence-electron chi connectivity index (χ0n) is 8.83. The van der Waals surface area contributed by atoms with E-state index in [9.17, 15) is 4.79 Å². The van der Waals surface area contributed by atoms with E-state index in [1.807, 2.05) is 10.6 Å². The molecule has 0 bridgehead atoms.